The van der Waals surface area contributed by atoms with Crippen LogP contribution in [0.15, 0.2) is 83.9 Å². The van der Waals surface area contributed by atoms with Crippen LogP contribution in [0, 0.1) is 0 Å². The minimum absolute atomic E-state index is 0.0295. The molecule has 0 saturated heterocycles. The van der Waals surface area contributed by atoms with E-state index >= 15 is 0 Å². The average molecular weight is 529 g/mol. The highest BCUT2D eigenvalue weighted by molar-refractivity contribution is 5.80. The predicted molar refractivity (Wildman–Crippen MR) is 153 cm³/mol. The Labute approximate surface area is 229 Å². The first kappa shape index (κ1) is 27.9. The highest BCUT2D eigenvalue weighted by atomic mass is 16.5. The first-order valence-electron chi connectivity index (χ1n) is 13.1. The van der Waals surface area contributed by atoms with Crippen LogP contribution in [0.5, 0.6) is 11.5 Å². The third-order valence-corrected chi connectivity index (χ3v) is 6.81. The number of carbonyl (C=O) groups is 1. The molecule has 0 fully saturated rings. The van der Waals surface area contributed by atoms with E-state index < -0.39 is 0 Å². The summed E-state index contributed by atoms with van der Waals surface area (Å²) in [6.45, 7) is 3.52. The summed E-state index contributed by atoms with van der Waals surface area (Å²) in [6, 6.07) is 20.8. The Morgan fingerprint density at radius 1 is 0.923 bits per heavy atom. The molecule has 0 aliphatic rings. The van der Waals surface area contributed by atoms with Gasteiger partial charge in [0.1, 0.15) is 11.5 Å². The number of aromatic nitrogens is 2. The average Bonchev–Trinajstić information content (AvgIpc) is 2.96. The number of carbonyl (C=O) groups excluding carboxylic acids is 1. The molecule has 8 nitrogen and oxygen atoms in total. The van der Waals surface area contributed by atoms with E-state index in [0.717, 1.165) is 54.0 Å². The second-order valence-electron chi connectivity index (χ2n) is 9.63. The monoisotopic (exact) mass is 528 g/mol. The second-order valence-corrected chi connectivity index (χ2v) is 9.63. The minimum Gasteiger partial charge on any atom is -0.497 e. The standard InChI is InChI=1S/C31H36N4O4/c1-33(31(37)21-25-6-4-7-27(20-25)38-3)17-18-35(23-24-12-14-32-15-13-24)16-5-19-39-28-9-10-29-26(22-28)8-11-30(36)34(29)2/h4,6-15,20,22H,5,16-19,21,23H2,1-3H3. The molecule has 2 aromatic carbocycles. The van der Waals surface area contributed by atoms with Crippen LogP contribution in [0.25, 0.3) is 10.9 Å². The smallest absolute Gasteiger partial charge is 0.250 e. The van der Waals surface area contributed by atoms with E-state index in [9.17, 15) is 9.59 Å². The molecule has 1 amide bonds. The maximum Gasteiger partial charge on any atom is 0.250 e. The second kappa shape index (κ2) is 13.6. The Balaban J connectivity index is 1.31. The molecule has 0 bridgehead atoms. The van der Waals surface area contributed by atoms with Gasteiger partial charge < -0.3 is 18.9 Å². The minimum atomic E-state index is -0.0295. The molecule has 0 N–H and O–H groups in total. The van der Waals surface area contributed by atoms with Crippen molar-refractivity contribution in [3.8, 4) is 11.5 Å². The number of nitrogens with zero attached hydrogens (tertiary/aromatic N) is 4. The molecular formula is C31H36N4O4. The van der Waals surface area contributed by atoms with Gasteiger partial charge in [-0.05, 0) is 66.1 Å². The summed E-state index contributed by atoms with van der Waals surface area (Å²) in [5.74, 6) is 1.61. The van der Waals surface area contributed by atoms with E-state index in [0.29, 0.717) is 19.6 Å². The molecule has 0 saturated carbocycles. The van der Waals surface area contributed by atoms with Crippen LogP contribution < -0.4 is 15.0 Å². The summed E-state index contributed by atoms with van der Waals surface area (Å²) in [7, 11) is 5.25. The van der Waals surface area contributed by atoms with E-state index in [4.69, 9.17) is 9.47 Å². The van der Waals surface area contributed by atoms with Crippen molar-refractivity contribution in [1.29, 1.82) is 0 Å². The third-order valence-electron chi connectivity index (χ3n) is 6.81. The highest BCUT2D eigenvalue weighted by Crippen LogP contribution is 2.19. The zero-order valence-corrected chi connectivity index (χ0v) is 22.9. The number of pyridine rings is 2. The van der Waals surface area contributed by atoms with Crippen molar-refractivity contribution in [1.82, 2.24) is 19.4 Å². The quantitative estimate of drug-likeness (QED) is 0.245. The molecule has 8 heteroatoms. The zero-order chi connectivity index (χ0) is 27.6. The maximum atomic E-state index is 12.9. The molecule has 0 spiro atoms. The van der Waals surface area contributed by atoms with Crippen LogP contribution in [0.2, 0.25) is 0 Å². The van der Waals surface area contributed by atoms with Gasteiger partial charge in [0.2, 0.25) is 5.91 Å². The number of aryl methyl sites for hydroxylation is 1. The van der Waals surface area contributed by atoms with Crippen LogP contribution in [-0.2, 0) is 24.8 Å². The Kier molecular flexibility index (Phi) is 9.69. The summed E-state index contributed by atoms with van der Waals surface area (Å²) in [6.07, 6.45) is 4.77. The third kappa shape index (κ3) is 7.91. The molecule has 2 heterocycles. The van der Waals surface area contributed by atoms with Crippen molar-refractivity contribution < 1.29 is 14.3 Å². The van der Waals surface area contributed by atoms with Gasteiger partial charge in [-0.3, -0.25) is 19.5 Å². The van der Waals surface area contributed by atoms with E-state index in [1.54, 1.807) is 42.1 Å². The first-order valence-corrected chi connectivity index (χ1v) is 13.1. The molecule has 0 aliphatic heterocycles. The molecular weight excluding hydrogens is 492 g/mol. The molecule has 0 radical (unpaired) electrons. The first-order chi connectivity index (χ1) is 18.9. The maximum absolute atomic E-state index is 12.9. The molecule has 39 heavy (non-hydrogen) atoms. The lowest BCUT2D eigenvalue weighted by Crippen LogP contribution is -2.37. The van der Waals surface area contributed by atoms with Gasteiger partial charge in [-0.2, -0.15) is 0 Å². The van der Waals surface area contributed by atoms with Crippen LogP contribution in [0.1, 0.15) is 17.5 Å². The Morgan fingerprint density at radius 3 is 2.54 bits per heavy atom. The molecule has 0 aliphatic carbocycles. The van der Waals surface area contributed by atoms with E-state index in [1.165, 1.54) is 5.56 Å². The van der Waals surface area contributed by atoms with Gasteiger partial charge in [0.05, 0.1) is 25.7 Å². The van der Waals surface area contributed by atoms with E-state index in [-0.39, 0.29) is 11.5 Å². The number of fused-ring (bicyclic) bond motifs is 1. The van der Waals surface area contributed by atoms with E-state index in [1.807, 2.05) is 67.7 Å². The summed E-state index contributed by atoms with van der Waals surface area (Å²) in [5.41, 5.74) is 2.96. The van der Waals surface area contributed by atoms with Gasteiger partial charge in [-0.15, -0.1) is 0 Å². The molecule has 0 unspecified atom stereocenters. The molecule has 4 aromatic rings. The number of hydrogen-bond acceptors (Lipinski definition) is 6. The lowest BCUT2D eigenvalue weighted by Gasteiger charge is -2.26. The fraction of sp³-hybridized carbons (Fsp3) is 0.323. The number of amides is 1. The van der Waals surface area contributed by atoms with Gasteiger partial charge in [0, 0.05) is 64.1 Å². The normalized spacial score (nSPS) is 11.1. The highest BCUT2D eigenvalue weighted by Gasteiger charge is 2.13. The lowest BCUT2D eigenvalue weighted by atomic mass is 10.1. The van der Waals surface area contributed by atoms with Gasteiger partial charge in [-0.25, -0.2) is 0 Å². The number of benzene rings is 2. The SMILES string of the molecule is COc1cccc(CC(=O)N(C)CCN(CCCOc2ccc3c(ccc(=O)n3C)c2)Cc2ccncc2)c1. The van der Waals surface area contributed by atoms with Crippen LogP contribution in [0.4, 0.5) is 0 Å². The fourth-order valence-corrected chi connectivity index (χ4v) is 4.46. The van der Waals surface area contributed by atoms with Crippen molar-refractivity contribution in [3.63, 3.8) is 0 Å². The van der Waals surface area contributed by atoms with E-state index in [2.05, 4.69) is 9.88 Å². The Bertz CT molecular complexity index is 1440. The number of ether oxygens (including phenoxy) is 2. The van der Waals surface area contributed by atoms with Crippen molar-refractivity contribution >= 4 is 16.8 Å². The number of likely N-dealkylation sites (N-methyl/N-ethyl adjacent to an activating group) is 1. The molecule has 4 rings (SSSR count). The van der Waals surface area contributed by atoms with Gasteiger partial charge in [0.15, 0.2) is 0 Å². The van der Waals surface area contributed by atoms with Crippen LogP contribution in [0.3, 0.4) is 0 Å². The molecule has 204 valence electrons. The van der Waals surface area contributed by atoms with Gasteiger partial charge >= 0.3 is 0 Å². The Hall–Kier alpha value is -4.17. The summed E-state index contributed by atoms with van der Waals surface area (Å²) < 4.78 is 12.9. The largest absolute Gasteiger partial charge is 0.497 e. The van der Waals surface area contributed by atoms with Crippen molar-refractivity contribution in [2.45, 2.75) is 19.4 Å². The van der Waals surface area contributed by atoms with Crippen LogP contribution in [-0.4, -0.2) is 65.7 Å². The summed E-state index contributed by atoms with van der Waals surface area (Å²) in [4.78, 5) is 33.0. The van der Waals surface area contributed by atoms with Crippen LogP contribution >= 0.6 is 0 Å². The summed E-state index contributed by atoms with van der Waals surface area (Å²) >= 11 is 0. The van der Waals surface area contributed by atoms with Gasteiger partial charge in [0.25, 0.3) is 5.56 Å². The number of rotatable bonds is 13. The topological polar surface area (TPSA) is 76.9 Å². The molecule has 0 atom stereocenters. The Morgan fingerprint density at radius 2 is 1.74 bits per heavy atom. The fourth-order valence-electron chi connectivity index (χ4n) is 4.46. The lowest BCUT2D eigenvalue weighted by molar-refractivity contribution is -0.129. The summed E-state index contributed by atoms with van der Waals surface area (Å²) in [5, 5.41) is 0.968. The number of hydrogen-bond donors (Lipinski definition) is 0. The number of methoxy groups -OCH3 is 1. The van der Waals surface area contributed by atoms with Crippen molar-refractivity contribution in [3.05, 3.63) is 101 Å². The van der Waals surface area contributed by atoms with Crippen molar-refractivity contribution in [2.24, 2.45) is 7.05 Å². The zero-order valence-electron chi connectivity index (χ0n) is 22.9. The molecule has 2 aromatic heterocycles. The van der Waals surface area contributed by atoms with Gasteiger partial charge in [-0.1, -0.05) is 12.1 Å². The predicted octanol–water partition coefficient (Wildman–Crippen LogP) is 3.91. The van der Waals surface area contributed by atoms with Crippen molar-refractivity contribution in [2.75, 3.05) is 40.4 Å².